The van der Waals surface area contributed by atoms with Crippen LogP contribution in [0.15, 0.2) is 10.9 Å². The second kappa shape index (κ2) is 4.01. The monoisotopic (exact) mass is 197 g/mol. The molecule has 0 spiro atoms. The van der Waals surface area contributed by atoms with Crippen LogP contribution in [0.1, 0.15) is 16.3 Å². The second-order valence-corrected chi connectivity index (χ2v) is 3.12. The molecule has 0 saturated carbocycles. The minimum atomic E-state index is -1.20. The quantitative estimate of drug-likeness (QED) is 0.684. The van der Waals surface area contributed by atoms with Crippen LogP contribution >= 0.6 is 0 Å². The Hall–Kier alpha value is -1.69. The number of aromatic carboxylic acids is 1. The van der Waals surface area contributed by atoms with E-state index in [2.05, 4.69) is 9.97 Å². The van der Waals surface area contributed by atoms with Crippen LogP contribution in [0.25, 0.3) is 0 Å². The molecule has 0 aromatic carbocycles. The topological polar surface area (TPSA) is 86.3 Å². The standard InChI is InChI=1S/C8H11N3O3/c1-11(2)4-6-9-5(8(13)14)3-7(12)10-6/h3H,4H2,1-2H3,(H,13,14)(H,9,10,12). The number of hydrogen-bond acceptors (Lipinski definition) is 4. The summed E-state index contributed by atoms with van der Waals surface area (Å²) < 4.78 is 0. The number of carbonyl (C=O) groups is 1. The highest BCUT2D eigenvalue weighted by molar-refractivity contribution is 5.85. The van der Waals surface area contributed by atoms with Gasteiger partial charge in [0.05, 0.1) is 6.54 Å². The maximum Gasteiger partial charge on any atom is 0.354 e. The highest BCUT2D eigenvalue weighted by Gasteiger charge is 2.08. The third kappa shape index (κ3) is 2.67. The third-order valence-electron chi connectivity index (χ3n) is 1.48. The molecule has 6 heteroatoms. The van der Waals surface area contributed by atoms with E-state index in [9.17, 15) is 9.59 Å². The van der Waals surface area contributed by atoms with E-state index in [1.165, 1.54) is 0 Å². The smallest absolute Gasteiger partial charge is 0.354 e. The fraction of sp³-hybridized carbons (Fsp3) is 0.375. The molecule has 1 aromatic rings. The van der Waals surface area contributed by atoms with Crippen LogP contribution in [0.3, 0.4) is 0 Å². The third-order valence-corrected chi connectivity index (χ3v) is 1.48. The Balaban J connectivity index is 3.07. The van der Waals surface area contributed by atoms with E-state index >= 15 is 0 Å². The van der Waals surface area contributed by atoms with Crippen molar-refractivity contribution < 1.29 is 9.90 Å². The van der Waals surface area contributed by atoms with E-state index in [-0.39, 0.29) is 5.69 Å². The molecule has 2 N–H and O–H groups in total. The van der Waals surface area contributed by atoms with Gasteiger partial charge in [0.1, 0.15) is 5.82 Å². The molecule has 76 valence electrons. The lowest BCUT2D eigenvalue weighted by Crippen LogP contribution is -2.20. The molecular formula is C8H11N3O3. The maximum absolute atomic E-state index is 11.0. The molecule has 0 atom stereocenters. The van der Waals surface area contributed by atoms with E-state index in [0.717, 1.165) is 6.07 Å². The van der Waals surface area contributed by atoms with Gasteiger partial charge in [-0.05, 0) is 14.1 Å². The van der Waals surface area contributed by atoms with Crippen molar-refractivity contribution in [3.05, 3.63) is 27.9 Å². The van der Waals surface area contributed by atoms with Crippen LogP contribution in [0, 0.1) is 0 Å². The molecule has 6 nitrogen and oxygen atoms in total. The van der Waals surface area contributed by atoms with Crippen molar-refractivity contribution in [2.45, 2.75) is 6.54 Å². The van der Waals surface area contributed by atoms with Crippen LogP contribution in [0.5, 0.6) is 0 Å². The Kier molecular flexibility index (Phi) is 2.98. The molecule has 0 amide bonds. The molecule has 0 radical (unpaired) electrons. The molecule has 0 fully saturated rings. The van der Waals surface area contributed by atoms with Gasteiger partial charge in [0.15, 0.2) is 5.69 Å². The number of H-pyrrole nitrogens is 1. The van der Waals surface area contributed by atoms with E-state index in [0.29, 0.717) is 12.4 Å². The highest BCUT2D eigenvalue weighted by Crippen LogP contribution is 1.94. The lowest BCUT2D eigenvalue weighted by Gasteiger charge is -2.08. The van der Waals surface area contributed by atoms with Gasteiger partial charge in [-0.2, -0.15) is 0 Å². The van der Waals surface area contributed by atoms with Crippen molar-refractivity contribution in [1.29, 1.82) is 0 Å². The van der Waals surface area contributed by atoms with E-state index in [1.807, 2.05) is 0 Å². The molecule has 0 aliphatic rings. The molecule has 0 unspecified atom stereocenters. The Labute approximate surface area is 80.2 Å². The summed E-state index contributed by atoms with van der Waals surface area (Å²) in [5.74, 6) is -0.851. The predicted octanol–water partition coefficient (Wildman–Crippen LogP) is -0.470. The molecular weight excluding hydrogens is 186 g/mol. The van der Waals surface area contributed by atoms with Gasteiger partial charge >= 0.3 is 5.97 Å². The first-order valence-corrected chi connectivity index (χ1v) is 3.97. The average molecular weight is 197 g/mol. The molecule has 0 aliphatic carbocycles. The van der Waals surface area contributed by atoms with Crippen LogP contribution in [0.2, 0.25) is 0 Å². The number of carboxylic acids is 1. The zero-order valence-electron chi connectivity index (χ0n) is 7.94. The SMILES string of the molecule is CN(C)Cc1nc(C(=O)O)cc(=O)[nH]1. The van der Waals surface area contributed by atoms with Gasteiger partial charge in [0.25, 0.3) is 5.56 Å². The molecule has 1 rings (SSSR count). The second-order valence-electron chi connectivity index (χ2n) is 3.12. The summed E-state index contributed by atoms with van der Waals surface area (Å²) in [5.41, 5.74) is -0.681. The van der Waals surface area contributed by atoms with Gasteiger partial charge in [0.2, 0.25) is 0 Å². The maximum atomic E-state index is 11.0. The van der Waals surface area contributed by atoms with E-state index < -0.39 is 11.5 Å². The van der Waals surface area contributed by atoms with Crippen molar-refractivity contribution in [1.82, 2.24) is 14.9 Å². The predicted molar refractivity (Wildman–Crippen MR) is 49.2 cm³/mol. The van der Waals surface area contributed by atoms with Crippen LogP contribution in [0.4, 0.5) is 0 Å². The van der Waals surface area contributed by atoms with Gasteiger partial charge in [-0.25, -0.2) is 9.78 Å². The van der Waals surface area contributed by atoms with E-state index in [4.69, 9.17) is 5.11 Å². The van der Waals surface area contributed by atoms with Gasteiger partial charge in [-0.3, -0.25) is 4.79 Å². The lowest BCUT2D eigenvalue weighted by molar-refractivity contribution is 0.0689. The molecule has 1 heterocycles. The Morgan fingerprint density at radius 2 is 2.29 bits per heavy atom. The average Bonchev–Trinajstić information content (AvgIpc) is 2.01. The van der Waals surface area contributed by atoms with Crippen molar-refractivity contribution in [3.8, 4) is 0 Å². The van der Waals surface area contributed by atoms with Crippen molar-refractivity contribution in [2.75, 3.05) is 14.1 Å². The summed E-state index contributed by atoms with van der Waals surface area (Å²) in [7, 11) is 3.60. The lowest BCUT2D eigenvalue weighted by atomic mass is 10.4. The molecule has 14 heavy (non-hydrogen) atoms. The number of nitrogens with zero attached hydrogens (tertiary/aromatic N) is 2. The number of hydrogen-bond donors (Lipinski definition) is 2. The summed E-state index contributed by atoms with van der Waals surface area (Å²) in [5, 5.41) is 8.64. The minimum absolute atomic E-state index is 0.231. The fourth-order valence-electron chi connectivity index (χ4n) is 0.992. The summed E-state index contributed by atoms with van der Waals surface area (Å²) in [4.78, 5) is 29.6. The summed E-state index contributed by atoms with van der Waals surface area (Å²) in [6.45, 7) is 0.399. The number of aromatic nitrogens is 2. The molecule has 0 bridgehead atoms. The summed E-state index contributed by atoms with van der Waals surface area (Å²) >= 11 is 0. The number of aromatic amines is 1. The Bertz CT molecular complexity index is 397. The Morgan fingerprint density at radius 1 is 1.64 bits per heavy atom. The normalized spacial score (nSPS) is 10.5. The van der Waals surface area contributed by atoms with Crippen molar-refractivity contribution in [2.24, 2.45) is 0 Å². The molecule has 1 aromatic heterocycles. The first-order valence-electron chi connectivity index (χ1n) is 3.97. The summed E-state index contributed by atoms with van der Waals surface area (Å²) in [6.07, 6.45) is 0. The first kappa shape index (κ1) is 10.4. The Morgan fingerprint density at radius 3 is 2.79 bits per heavy atom. The highest BCUT2D eigenvalue weighted by atomic mass is 16.4. The van der Waals surface area contributed by atoms with Crippen molar-refractivity contribution >= 4 is 5.97 Å². The first-order chi connectivity index (χ1) is 6.49. The van der Waals surface area contributed by atoms with Gasteiger partial charge < -0.3 is 15.0 Å². The van der Waals surface area contributed by atoms with E-state index in [1.54, 1.807) is 19.0 Å². The number of rotatable bonds is 3. The van der Waals surface area contributed by atoms with Crippen molar-refractivity contribution in [3.63, 3.8) is 0 Å². The van der Waals surface area contributed by atoms with Crippen LogP contribution in [-0.4, -0.2) is 40.0 Å². The summed E-state index contributed by atoms with van der Waals surface area (Å²) in [6, 6.07) is 0.960. The van der Waals surface area contributed by atoms with Gasteiger partial charge in [0, 0.05) is 6.07 Å². The van der Waals surface area contributed by atoms with Crippen LogP contribution < -0.4 is 5.56 Å². The fourth-order valence-corrected chi connectivity index (χ4v) is 0.992. The molecule has 0 saturated heterocycles. The number of nitrogens with one attached hydrogen (secondary N) is 1. The zero-order chi connectivity index (χ0) is 10.7. The number of carboxylic acid groups (broad SMARTS) is 1. The van der Waals surface area contributed by atoms with Crippen LogP contribution in [-0.2, 0) is 6.54 Å². The molecule has 0 aliphatic heterocycles. The van der Waals surface area contributed by atoms with Gasteiger partial charge in [-0.15, -0.1) is 0 Å². The minimum Gasteiger partial charge on any atom is -0.477 e. The van der Waals surface area contributed by atoms with Gasteiger partial charge in [-0.1, -0.05) is 0 Å². The largest absolute Gasteiger partial charge is 0.477 e. The zero-order valence-corrected chi connectivity index (χ0v) is 7.94.